The van der Waals surface area contributed by atoms with Gasteiger partial charge in [-0.2, -0.15) is 31.4 Å². The average Bonchev–Trinajstić information content (AvgIpc) is 3.27. The molecule has 1 aliphatic rings. The highest BCUT2D eigenvalue weighted by molar-refractivity contribution is 7.90. The SMILES string of the molecule is CS(=O)(=O)c1ccc(-c2ccc(C3CC(C(O)(C(F)(F)F)C(F)(F)F)=NN3c3ccc(F)cc3F)cc2)cc1. The monoisotopic (exact) mass is 578 g/mol. The van der Waals surface area contributed by atoms with Gasteiger partial charge in [-0.1, -0.05) is 36.4 Å². The summed E-state index contributed by atoms with van der Waals surface area (Å²) in [6, 6.07) is 11.9. The quantitative estimate of drug-likeness (QED) is 0.366. The van der Waals surface area contributed by atoms with Crippen molar-refractivity contribution in [1.29, 1.82) is 0 Å². The number of hydrogen-bond donors (Lipinski definition) is 1. The summed E-state index contributed by atoms with van der Waals surface area (Å²) >= 11 is 0. The van der Waals surface area contributed by atoms with Crippen molar-refractivity contribution in [2.24, 2.45) is 5.10 Å². The Morgan fingerprint density at radius 3 is 1.82 bits per heavy atom. The number of halogens is 8. The highest BCUT2D eigenvalue weighted by Crippen LogP contribution is 2.49. The third-order valence-corrected chi connectivity index (χ3v) is 7.34. The molecule has 1 atom stereocenters. The van der Waals surface area contributed by atoms with Crippen LogP contribution >= 0.6 is 0 Å². The van der Waals surface area contributed by atoms with Gasteiger partial charge >= 0.3 is 12.4 Å². The summed E-state index contributed by atoms with van der Waals surface area (Å²) in [4.78, 5) is 0.0669. The normalized spacial score (nSPS) is 16.9. The maximum Gasteiger partial charge on any atom is 0.431 e. The largest absolute Gasteiger partial charge is 0.431 e. The van der Waals surface area contributed by atoms with Gasteiger partial charge in [0.2, 0.25) is 0 Å². The van der Waals surface area contributed by atoms with E-state index in [1.165, 1.54) is 48.5 Å². The molecule has 0 saturated heterocycles. The summed E-state index contributed by atoms with van der Waals surface area (Å²) in [7, 11) is -3.45. The van der Waals surface area contributed by atoms with E-state index in [0.717, 1.165) is 18.4 Å². The number of rotatable bonds is 5. The van der Waals surface area contributed by atoms with Gasteiger partial charge in [-0.25, -0.2) is 17.2 Å². The lowest BCUT2D eigenvalue weighted by Crippen LogP contribution is -2.62. The minimum absolute atomic E-state index is 0.0669. The van der Waals surface area contributed by atoms with E-state index in [9.17, 15) is 48.6 Å². The second kappa shape index (κ2) is 9.59. The van der Waals surface area contributed by atoms with Crippen molar-refractivity contribution in [3.8, 4) is 11.1 Å². The Morgan fingerprint density at radius 1 is 0.846 bits per heavy atom. The van der Waals surface area contributed by atoms with Crippen LogP contribution in [0.4, 0.5) is 40.8 Å². The standard InChI is InChI=1S/C25H18F8N2O3S/c1-39(37,38)18-9-6-15(7-10-18)14-2-4-16(5-3-14)21-13-22(23(36,24(28,29)30)25(31,32)33)34-35(21)20-11-8-17(26)12-19(20)27/h2-12,21,36H,13H2,1H3. The molecule has 3 aromatic carbocycles. The summed E-state index contributed by atoms with van der Waals surface area (Å²) in [6.45, 7) is 0. The van der Waals surface area contributed by atoms with Crippen molar-refractivity contribution in [1.82, 2.24) is 0 Å². The van der Waals surface area contributed by atoms with Crippen LogP contribution in [0, 0.1) is 11.6 Å². The Morgan fingerprint density at radius 2 is 1.36 bits per heavy atom. The predicted octanol–water partition coefficient (Wildman–Crippen LogP) is 6.20. The Labute approximate surface area is 216 Å². The molecule has 0 spiro atoms. The fourth-order valence-electron chi connectivity index (χ4n) is 4.16. The minimum atomic E-state index is -6.20. The maximum absolute atomic E-state index is 14.6. The number of anilines is 1. The van der Waals surface area contributed by atoms with Crippen molar-refractivity contribution < 1.29 is 48.6 Å². The molecule has 39 heavy (non-hydrogen) atoms. The molecule has 0 radical (unpaired) electrons. The predicted molar refractivity (Wildman–Crippen MR) is 126 cm³/mol. The van der Waals surface area contributed by atoms with Gasteiger partial charge < -0.3 is 5.11 Å². The van der Waals surface area contributed by atoms with E-state index in [1.54, 1.807) is 0 Å². The zero-order valence-corrected chi connectivity index (χ0v) is 20.5. The molecule has 0 fully saturated rings. The summed E-state index contributed by atoms with van der Waals surface area (Å²) in [5.41, 5.74) is -6.44. The van der Waals surface area contributed by atoms with Gasteiger partial charge in [0.1, 0.15) is 5.82 Å². The first-order valence-corrected chi connectivity index (χ1v) is 12.9. The molecule has 0 bridgehead atoms. The fourth-order valence-corrected chi connectivity index (χ4v) is 4.79. The van der Waals surface area contributed by atoms with Gasteiger partial charge in [-0.05, 0) is 41.0 Å². The molecule has 4 rings (SSSR count). The van der Waals surface area contributed by atoms with Gasteiger partial charge in [-0.3, -0.25) is 5.01 Å². The molecule has 1 unspecified atom stereocenters. The Bertz CT molecular complexity index is 1500. The molecular weight excluding hydrogens is 560 g/mol. The number of aliphatic hydroxyl groups is 1. The van der Waals surface area contributed by atoms with E-state index in [-0.39, 0.29) is 10.5 Å². The van der Waals surface area contributed by atoms with Gasteiger partial charge in [-0.15, -0.1) is 0 Å². The smallest absolute Gasteiger partial charge is 0.369 e. The van der Waals surface area contributed by atoms with Crippen LogP contribution in [-0.2, 0) is 9.84 Å². The fraction of sp³-hybridized carbons (Fsp3) is 0.240. The van der Waals surface area contributed by atoms with Gasteiger partial charge in [0.15, 0.2) is 15.7 Å². The van der Waals surface area contributed by atoms with Crippen molar-refractivity contribution >= 4 is 21.2 Å². The topological polar surface area (TPSA) is 70.0 Å². The Hall–Kier alpha value is -3.52. The number of alkyl halides is 6. The molecule has 3 aromatic rings. The first-order chi connectivity index (χ1) is 17.9. The summed E-state index contributed by atoms with van der Waals surface area (Å²) in [5, 5.41) is 13.8. The van der Waals surface area contributed by atoms with E-state index in [4.69, 9.17) is 0 Å². The molecule has 14 heteroatoms. The maximum atomic E-state index is 14.6. The van der Waals surface area contributed by atoms with Crippen LogP contribution < -0.4 is 5.01 Å². The van der Waals surface area contributed by atoms with Crippen molar-refractivity contribution in [3.63, 3.8) is 0 Å². The average molecular weight is 578 g/mol. The molecule has 0 aromatic heterocycles. The van der Waals surface area contributed by atoms with Crippen LogP contribution in [0.15, 0.2) is 76.7 Å². The highest BCUT2D eigenvalue weighted by atomic mass is 32.2. The zero-order valence-electron chi connectivity index (χ0n) is 19.7. The Kier molecular flexibility index (Phi) is 7.01. The van der Waals surface area contributed by atoms with Crippen LogP contribution in [-0.4, -0.2) is 43.4 Å². The van der Waals surface area contributed by atoms with E-state index >= 15 is 0 Å². The molecule has 0 aliphatic carbocycles. The van der Waals surface area contributed by atoms with E-state index in [0.29, 0.717) is 22.2 Å². The summed E-state index contributed by atoms with van der Waals surface area (Å²) in [5.74, 6) is -2.33. The molecule has 1 heterocycles. The van der Waals surface area contributed by atoms with E-state index in [2.05, 4.69) is 5.10 Å². The van der Waals surface area contributed by atoms with Crippen molar-refractivity contribution in [2.45, 2.75) is 35.3 Å². The van der Waals surface area contributed by atoms with Gasteiger partial charge in [0, 0.05) is 18.7 Å². The third kappa shape index (κ3) is 5.22. The second-order valence-corrected chi connectivity index (χ2v) is 10.8. The number of hydrogen-bond acceptors (Lipinski definition) is 5. The van der Waals surface area contributed by atoms with Gasteiger partial charge in [0.25, 0.3) is 5.60 Å². The lowest BCUT2D eigenvalue weighted by molar-refractivity contribution is -0.338. The number of hydrazone groups is 1. The lowest BCUT2D eigenvalue weighted by Gasteiger charge is -2.32. The molecule has 208 valence electrons. The lowest BCUT2D eigenvalue weighted by atomic mass is 9.89. The number of benzene rings is 3. The van der Waals surface area contributed by atoms with Gasteiger partial charge in [0.05, 0.1) is 22.3 Å². The zero-order chi connectivity index (χ0) is 29.0. The second-order valence-electron chi connectivity index (χ2n) is 8.83. The van der Waals surface area contributed by atoms with E-state index < -0.39 is 63.3 Å². The molecule has 0 saturated carbocycles. The minimum Gasteiger partial charge on any atom is -0.369 e. The van der Waals surface area contributed by atoms with Crippen LogP contribution in [0.3, 0.4) is 0 Å². The van der Waals surface area contributed by atoms with Crippen LogP contribution in [0.1, 0.15) is 18.0 Å². The van der Waals surface area contributed by atoms with Crippen LogP contribution in [0.25, 0.3) is 11.1 Å². The van der Waals surface area contributed by atoms with Crippen LogP contribution in [0.5, 0.6) is 0 Å². The number of sulfone groups is 1. The van der Waals surface area contributed by atoms with E-state index in [1.807, 2.05) is 0 Å². The third-order valence-electron chi connectivity index (χ3n) is 6.22. The summed E-state index contributed by atoms with van der Waals surface area (Å²) in [6.07, 6.45) is -12.5. The molecule has 1 N–H and O–H groups in total. The highest BCUT2D eigenvalue weighted by Gasteiger charge is 2.74. The Balaban J connectivity index is 1.76. The van der Waals surface area contributed by atoms with Crippen LogP contribution in [0.2, 0.25) is 0 Å². The van der Waals surface area contributed by atoms with Crippen molar-refractivity contribution in [3.05, 3.63) is 83.9 Å². The van der Waals surface area contributed by atoms with Crippen molar-refractivity contribution in [2.75, 3.05) is 11.3 Å². The number of nitrogens with zero attached hydrogens (tertiary/aromatic N) is 2. The molecule has 5 nitrogen and oxygen atoms in total. The molecule has 1 aliphatic heterocycles. The first-order valence-electron chi connectivity index (χ1n) is 11.0. The molecular formula is C25H18F8N2O3S. The first kappa shape index (κ1) is 28.5. The summed E-state index contributed by atoms with van der Waals surface area (Å²) < 4.78 is 133. The molecule has 0 amide bonds.